The van der Waals surface area contributed by atoms with Gasteiger partial charge in [-0.3, -0.25) is 9.78 Å². The van der Waals surface area contributed by atoms with Gasteiger partial charge >= 0.3 is 0 Å². The summed E-state index contributed by atoms with van der Waals surface area (Å²) in [6, 6.07) is 3.48. The summed E-state index contributed by atoms with van der Waals surface area (Å²) in [4.78, 5) is 20.4. The SMILES string of the molecule is C=C(/C=C(C)\C=C/COC)NC(=O)C(C=N)=NC(=CN)c1cccnc1. The van der Waals surface area contributed by atoms with Crippen LogP contribution in [0.3, 0.4) is 0 Å². The zero-order valence-electron chi connectivity index (χ0n) is 14.9. The number of methoxy groups -OCH3 is 1. The molecule has 0 aliphatic heterocycles. The molecule has 7 nitrogen and oxygen atoms in total. The van der Waals surface area contributed by atoms with Gasteiger partial charge in [-0.25, -0.2) is 4.99 Å². The number of aliphatic imine (C=N–C) groups is 1. The van der Waals surface area contributed by atoms with E-state index in [2.05, 4.69) is 21.9 Å². The number of carbonyl (C=O) groups excluding carboxylic acids is 1. The van der Waals surface area contributed by atoms with Crippen LogP contribution in [0, 0.1) is 5.41 Å². The molecule has 136 valence electrons. The minimum atomic E-state index is -0.557. The van der Waals surface area contributed by atoms with Crippen LogP contribution in [0.5, 0.6) is 0 Å². The lowest BCUT2D eigenvalue weighted by molar-refractivity contribution is -0.113. The molecule has 0 radical (unpaired) electrons. The molecule has 0 aromatic carbocycles. The van der Waals surface area contributed by atoms with Gasteiger partial charge in [-0.1, -0.05) is 18.7 Å². The fraction of sp³-hybridized carbons (Fsp3) is 0.158. The number of ether oxygens (including phenoxy) is 1. The number of nitrogens with two attached hydrogens (primary N) is 1. The Balaban J connectivity index is 2.87. The smallest absolute Gasteiger partial charge is 0.275 e. The van der Waals surface area contributed by atoms with Crippen molar-refractivity contribution in [3.8, 4) is 0 Å². The highest BCUT2D eigenvalue weighted by molar-refractivity contribution is 6.60. The number of amides is 1. The number of pyridine rings is 1. The molecular weight excluding hydrogens is 330 g/mol. The summed E-state index contributed by atoms with van der Waals surface area (Å²) in [6.45, 7) is 6.15. The van der Waals surface area contributed by atoms with E-state index in [-0.39, 0.29) is 5.71 Å². The predicted octanol–water partition coefficient (Wildman–Crippen LogP) is 2.21. The molecule has 1 aromatic rings. The van der Waals surface area contributed by atoms with E-state index >= 15 is 0 Å². The molecule has 4 N–H and O–H groups in total. The number of carbonyl (C=O) groups is 1. The molecule has 0 spiro atoms. The van der Waals surface area contributed by atoms with E-state index in [9.17, 15) is 4.79 Å². The Morgan fingerprint density at radius 1 is 1.54 bits per heavy atom. The van der Waals surface area contributed by atoms with Gasteiger partial charge < -0.3 is 21.2 Å². The largest absolute Gasteiger partial charge is 0.403 e. The molecule has 0 unspecified atom stereocenters. The standard InChI is InChI=1S/C19H23N5O2/c1-14(6-5-9-26-3)10-15(2)23-19(25)18(12-21)24-17(11-20)16-7-4-8-22-13-16/h4-8,10-13,21H,2,9,20H2,1,3H3,(H,23,25)/b6-5-,14-10-,17-11?,21-12?,24-18?. The van der Waals surface area contributed by atoms with Crippen LogP contribution in [0.25, 0.3) is 5.70 Å². The predicted molar refractivity (Wildman–Crippen MR) is 105 cm³/mol. The van der Waals surface area contributed by atoms with Crippen LogP contribution < -0.4 is 11.1 Å². The maximum atomic E-state index is 12.3. The normalized spacial score (nSPS) is 12.9. The molecule has 0 saturated heterocycles. The van der Waals surface area contributed by atoms with Crippen molar-refractivity contribution in [1.82, 2.24) is 10.3 Å². The number of nitrogens with one attached hydrogen (secondary N) is 2. The average Bonchev–Trinajstić information content (AvgIpc) is 2.63. The van der Waals surface area contributed by atoms with Gasteiger partial charge in [0.15, 0.2) is 0 Å². The third kappa shape index (κ3) is 7.06. The average molecular weight is 353 g/mol. The van der Waals surface area contributed by atoms with Crippen molar-refractivity contribution in [2.75, 3.05) is 13.7 Å². The van der Waals surface area contributed by atoms with E-state index in [1.54, 1.807) is 37.7 Å². The molecule has 1 heterocycles. The number of nitrogens with zero attached hydrogens (tertiary/aromatic N) is 2. The molecule has 1 aromatic heterocycles. The first-order chi connectivity index (χ1) is 12.5. The monoisotopic (exact) mass is 353 g/mol. The number of rotatable bonds is 9. The Labute approximate surface area is 153 Å². The van der Waals surface area contributed by atoms with Crippen LogP contribution in [0.2, 0.25) is 0 Å². The van der Waals surface area contributed by atoms with Crippen LogP contribution in [0.4, 0.5) is 0 Å². The third-order valence-electron chi connectivity index (χ3n) is 3.05. The van der Waals surface area contributed by atoms with Crippen LogP contribution in [-0.4, -0.2) is 36.5 Å². The van der Waals surface area contributed by atoms with Gasteiger partial charge in [-0.05, 0) is 30.7 Å². The highest BCUT2D eigenvalue weighted by atomic mass is 16.5. The molecule has 1 rings (SSSR count). The highest BCUT2D eigenvalue weighted by Crippen LogP contribution is 2.13. The highest BCUT2D eigenvalue weighted by Gasteiger charge is 2.11. The summed E-state index contributed by atoms with van der Waals surface area (Å²) in [6.07, 6.45) is 10.7. The lowest BCUT2D eigenvalue weighted by atomic mass is 10.2. The van der Waals surface area contributed by atoms with Crippen molar-refractivity contribution in [2.24, 2.45) is 10.7 Å². The number of hydrogen-bond donors (Lipinski definition) is 3. The second kappa shape index (κ2) is 11.3. The van der Waals surface area contributed by atoms with Crippen molar-refractivity contribution < 1.29 is 9.53 Å². The topological polar surface area (TPSA) is 113 Å². The quantitative estimate of drug-likeness (QED) is 0.466. The zero-order valence-corrected chi connectivity index (χ0v) is 14.9. The lowest BCUT2D eigenvalue weighted by Gasteiger charge is -2.07. The molecule has 0 aliphatic carbocycles. The first kappa shape index (κ1) is 20.7. The van der Waals surface area contributed by atoms with Gasteiger partial charge in [0.25, 0.3) is 5.91 Å². The number of aromatic nitrogens is 1. The number of hydrogen-bond acceptors (Lipinski definition) is 6. The van der Waals surface area contributed by atoms with Gasteiger partial charge in [0.05, 0.1) is 12.3 Å². The molecule has 0 fully saturated rings. The van der Waals surface area contributed by atoms with Crippen LogP contribution in [0.15, 0.2) is 71.8 Å². The summed E-state index contributed by atoms with van der Waals surface area (Å²) in [5, 5.41) is 10.0. The van der Waals surface area contributed by atoms with Crippen LogP contribution >= 0.6 is 0 Å². The number of allylic oxidation sites excluding steroid dienone is 3. The zero-order chi connectivity index (χ0) is 19.4. The molecule has 0 saturated carbocycles. The Kier molecular flexibility index (Phi) is 8.98. The summed E-state index contributed by atoms with van der Waals surface area (Å²) in [7, 11) is 1.61. The van der Waals surface area contributed by atoms with Crippen molar-refractivity contribution in [3.63, 3.8) is 0 Å². The maximum absolute atomic E-state index is 12.3. The molecule has 7 heteroatoms. The van der Waals surface area contributed by atoms with E-state index in [0.29, 0.717) is 23.6 Å². The molecule has 0 aliphatic rings. The molecular formula is C19H23N5O2. The van der Waals surface area contributed by atoms with E-state index in [4.69, 9.17) is 15.9 Å². The Bertz CT molecular complexity index is 761. The summed E-state index contributed by atoms with van der Waals surface area (Å²) >= 11 is 0. The van der Waals surface area contributed by atoms with Crippen molar-refractivity contribution in [1.29, 1.82) is 5.41 Å². The van der Waals surface area contributed by atoms with Crippen LogP contribution in [0.1, 0.15) is 12.5 Å². The van der Waals surface area contributed by atoms with E-state index in [1.165, 1.54) is 6.20 Å². The summed E-state index contributed by atoms with van der Waals surface area (Å²) in [5.41, 5.74) is 7.72. The molecule has 26 heavy (non-hydrogen) atoms. The van der Waals surface area contributed by atoms with Gasteiger partial charge in [-0.15, -0.1) is 0 Å². The van der Waals surface area contributed by atoms with Crippen molar-refractivity contribution in [2.45, 2.75) is 6.92 Å². The van der Waals surface area contributed by atoms with Gasteiger partial charge in [-0.2, -0.15) is 0 Å². The second-order valence-electron chi connectivity index (χ2n) is 5.16. The molecule has 1 amide bonds. The Hall–Kier alpha value is -3.32. The Morgan fingerprint density at radius 3 is 2.88 bits per heavy atom. The lowest BCUT2D eigenvalue weighted by Crippen LogP contribution is -2.30. The Morgan fingerprint density at radius 2 is 2.31 bits per heavy atom. The van der Waals surface area contributed by atoms with E-state index < -0.39 is 5.91 Å². The first-order valence-corrected chi connectivity index (χ1v) is 7.77. The van der Waals surface area contributed by atoms with E-state index in [1.807, 2.05) is 19.1 Å². The first-order valence-electron chi connectivity index (χ1n) is 7.77. The minimum Gasteiger partial charge on any atom is -0.403 e. The fourth-order valence-corrected chi connectivity index (χ4v) is 1.89. The van der Waals surface area contributed by atoms with Gasteiger partial charge in [0.2, 0.25) is 0 Å². The third-order valence-corrected chi connectivity index (χ3v) is 3.05. The van der Waals surface area contributed by atoms with E-state index in [0.717, 1.165) is 11.8 Å². The minimum absolute atomic E-state index is 0.104. The van der Waals surface area contributed by atoms with Gasteiger partial charge in [0, 0.05) is 43.2 Å². The maximum Gasteiger partial charge on any atom is 0.275 e. The molecule has 0 atom stereocenters. The second-order valence-corrected chi connectivity index (χ2v) is 5.16. The summed E-state index contributed by atoms with van der Waals surface area (Å²) in [5.74, 6) is -0.557. The summed E-state index contributed by atoms with van der Waals surface area (Å²) < 4.78 is 4.92. The van der Waals surface area contributed by atoms with Crippen LogP contribution in [-0.2, 0) is 9.53 Å². The fourth-order valence-electron chi connectivity index (χ4n) is 1.89. The van der Waals surface area contributed by atoms with Gasteiger partial charge in [0.1, 0.15) is 5.71 Å². The van der Waals surface area contributed by atoms with Crippen molar-refractivity contribution >= 4 is 23.5 Å². The van der Waals surface area contributed by atoms with Crippen molar-refractivity contribution in [3.05, 3.63) is 72.4 Å². The molecule has 0 bridgehead atoms.